The Morgan fingerprint density at radius 1 is 0.987 bits per heavy atom. The molecule has 0 spiro atoms. The number of benzene rings is 3. The van der Waals surface area contributed by atoms with Gasteiger partial charge in [-0.2, -0.15) is 9.97 Å². The predicted octanol–water partition coefficient (Wildman–Crippen LogP) is 4.95. The van der Waals surface area contributed by atoms with Gasteiger partial charge in [0.1, 0.15) is 47.9 Å². The normalized spacial score (nSPS) is 24.4. The van der Waals surface area contributed by atoms with Gasteiger partial charge >= 0.3 is 12.1 Å². The molecule has 77 heavy (non-hydrogen) atoms. The van der Waals surface area contributed by atoms with Crippen molar-refractivity contribution in [1.82, 2.24) is 45.2 Å². The summed E-state index contributed by atoms with van der Waals surface area (Å²) < 4.78 is 44.9. The number of nitrogens with one attached hydrogen (secondary N) is 3. The number of carbonyl (C=O) groups excluding carboxylic acids is 5. The molecular weight excluding hydrogens is 993 g/mol. The molecule has 7 aliphatic heterocycles. The Morgan fingerprint density at radius 2 is 1.79 bits per heavy atom. The molecule has 7 aliphatic rings. The average molecular weight is 1050 g/mol. The Morgan fingerprint density at radius 3 is 2.57 bits per heavy atom. The van der Waals surface area contributed by atoms with Crippen molar-refractivity contribution >= 4 is 62.9 Å². The molecule has 12 rings (SSSR count). The highest BCUT2D eigenvalue weighted by molar-refractivity contribution is 6.25. The van der Waals surface area contributed by atoms with Gasteiger partial charge in [-0.3, -0.25) is 44.2 Å². The molecule has 21 heteroatoms. The molecule has 2 bridgehead atoms. The van der Waals surface area contributed by atoms with Crippen LogP contribution in [0.5, 0.6) is 11.8 Å². The Hall–Kier alpha value is -7.80. The number of aromatic nitrogens is 3. The van der Waals surface area contributed by atoms with Crippen LogP contribution in [0.2, 0.25) is 0 Å². The lowest BCUT2D eigenvalue weighted by atomic mass is 9.94. The van der Waals surface area contributed by atoms with E-state index in [-0.39, 0.29) is 101 Å². The van der Waals surface area contributed by atoms with E-state index in [1.165, 1.54) is 30.5 Å². The number of nitrogens with zero attached hydrogens (tertiary/aromatic N) is 8. The number of phenolic OH excluding ortho intramolecular Hbond substituents is 1. The van der Waals surface area contributed by atoms with Gasteiger partial charge in [-0.15, -0.1) is 6.42 Å². The molecule has 3 aromatic carbocycles. The van der Waals surface area contributed by atoms with Crippen LogP contribution in [0.25, 0.3) is 32.9 Å². The topological polar surface area (TPSA) is 215 Å². The molecule has 6 fully saturated rings. The molecule has 9 heterocycles. The molecule has 5 atom stereocenters. The number of terminal acetylenes is 1. The van der Waals surface area contributed by atoms with Crippen molar-refractivity contribution in [3.05, 3.63) is 89.1 Å². The fraction of sp³-hybridized carbons (Fsp3) is 0.429. The first-order valence-electron chi connectivity index (χ1n) is 26.3. The second-order valence-electron chi connectivity index (χ2n) is 21.3. The van der Waals surface area contributed by atoms with Gasteiger partial charge in [-0.25, -0.2) is 13.6 Å². The van der Waals surface area contributed by atoms with Gasteiger partial charge in [0.2, 0.25) is 11.8 Å². The van der Waals surface area contributed by atoms with Crippen LogP contribution in [0.4, 0.5) is 25.1 Å². The van der Waals surface area contributed by atoms with Crippen molar-refractivity contribution in [2.75, 3.05) is 82.3 Å². The van der Waals surface area contributed by atoms with E-state index >= 15 is 8.78 Å². The number of pyridine rings is 1. The number of rotatable bonds is 13. The van der Waals surface area contributed by atoms with E-state index in [1.807, 2.05) is 0 Å². The molecule has 0 saturated carbocycles. The number of aromatic hydroxyl groups is 1. The van der Waals surface area contributed by atoms with Crippen LogP contribution in [0.15, 0.2) is 60.8 Å². The summed E-state index contributed by atoms with van der Waals surface area (Å²) in [5.74, 6) is -0.945. The number of hydrogen-bond acceptors (Lipinski definition) is 16. The Bertz CT molecular complexity index is 3350. The van der Waals surface area contributed by atoms with Gasteiger partial charge in [0.05, 0.1) is 27.6 Å². The average Bonchev–Trinajstić information content (AvgIpc) is 4.15. The largest absolute Gasteiger partial charge is 0.508 e. The van der Waals surface area contributed by atoms with Crippen molar-refractivity contribution in [2.45, 2.75) is 81.1 Å². The third-order valence-corrected chi connectivity index (χ3v) is 16.5. The van der Waals surface area contributed by atoms with Crippen LogP contribution in [-0.2, 0) is 14.3 Å². The van der Waals surface area contributed by atoms with Gasteiger partial charge in [0.15, 0.2) is 5.82 Å². The molecule has 5 aromatic rings. The monoisotopic (exact) mass is 1050 g/mol. The molecule has 4 N–H and O–H groups in total. The van der Waals surface area contributed by atoms with Crippen LogP contribution < -0.4 is 25.6 Å². The number of amides is 5. The van der Waals surface area contributed by atoms with E-state index in [2.05, 4.69) is 48.1 Å². The second kappa shape index (κ2) is 20.0. The summed E-state index contributed by atoms with van der Waals surface area (Å²) >= 11 is 0. The lowest BCUT2D eigenvalue weighted by Gasteiger charge is -2.36. The minimum absolute atomic E-state index is 0.0173. The van der Waals surface area contributed by atoms with Crippen molar-refractivity contribution in [3.8, 4) is 35.4 Å². The standard InChI is InChI=1S/C56H57F2N11O8/c1-3-37-41(57)11-8-32-22-36(70)23-39(45(32)37)48-47(58)49-40(25-60-48)50(67-27-33-9-10-34(28-67)61-33)64-54(63-49)77-30-56-15-14-35(68(56)26-31(2)24-56)29-76-55(75)66-20-18-65(19-21-66)17-5-16-59-42-7-4-6-38-46(42)53(74)69(52(38)73)43-12-13-44(71)62-51(43)72/h1,4,6-8,11,22-23,25,33-35,43,59,61,70H,2,5,9-10,12-21,24,26-30H2,(H,62,71,72)/t33?,34?,35-,43?,56-/m0/s1. The van der Waals surface area contributed by atoms with E-state index < -0.39 is 46.8 Å². The Labute approximate surface area is 441 Å². The number of piperazine rings is 2. The predicted molar refractivity (Wildman–Crippen MR) is 279 cm³/mol. The highest BCUT2D eigenvalue weighted by Crippen LogP contribution is 2.45. The third kappa shape index (κ3) is 9.10. The highest BCUT2D eigenvalue weighted by atomic mass is 19.1. The highest BCUT2D eigenvalue weighted by Gasteiger charge is 2.52. The van der Waals surface area contributed by atoms with E-state index in [1.54, 1.807) is 23.1 Å². The van der Waals surface area contributed by atoms with Gasteiger partial charge in [0.25, 0.3) is 11.8 Å². The summed E-state index contributed by atoms with van der Waals surface area (Å²) in [6, 6.07) is 9.76. The first kappa shape index (κ1) is 50.0. The van der Waals surface area contributed by atoms with E-state index in [9.17, 15) is 29.1 Å². The molecule has 398 valence electrons. The zero-order chi connectivity index (χ0) is 53.3. The number of ether oxygens (including phenoxy) is 2. The molecule has 2 aromatic heterocycles. The van der Waals surface area contributed by atoms with Gasteiger partial charge < -0.3 is 35.0 Å². The quantitative estimate of drug-likeness (QED) is 0.0532. The SMILES string of the molecule is C#Cc1c(F)ccc2cc(O)cc(-c3ncc4c(N5CC6CCC(C5)N6)nc(OC[C@@]56CC[C@@H](COC(=O)N7CCN(CCCNc8cccc9c8C(=O)N(C8CCC(=O)NC8=O)C9=O)CC7)N5CC(=C)C6)nc4c3F)c12. The number of carbonyl (C=O) groups is 5. The van der Waals surface area contributed by atoms with Gasteiger partial charge in [-0.1, -0.05) is 30.2 Å². The minimum Gasteiger partial charge on any atom is -0.508 e. The summed E-state index contributed by atoms with van der Waals surface area (Å²) in [7, 11) is 0. The molecule has 5 amide bonds. The number of anilines is 2. The maximum atomic E-state index is 17.3. The van der Waals surface area contributed by atoms with Crippen molar-refractivity contribution in [1.29, 1.82) is 0 Å². The van der Waals surface area contributed by atoms with Crippen molar-refractivity contribution in [2.24, 2.45) is 0 Å². The fourth-order valence-electron chi connectivity index (χ4n) is 12.8. The zero-order valence-corrected chi connectivity index (χ0v) is 42.3. The lowest BCUT2D eigenvalue weighted by molar-refractivity contribution is -0.136. The van der Waals surface area contributed by atoms with Crippen LogP contribution in [-0.4, -0.2) is 171 Å². The third-order valence-electron chi connectivity index (χ3n) is 16.5. The molecular formula is C56H57F2N11O8. The number of fused-ring (bicyclic) bond motifs is 6. The van der Waals surface area contributed by atoms with Crippen LogP contribution in [0.1, 0.15) is 77.6 Å². The maximum Gasteiger partial charge on any atom is 0.409 e. The molecule has 3 unspecified atom stereocenters. The van der Waals surface area contributed by atoms with E-state index in [0.29, 0.717) is 81.1 Å². The number of hydrogen-bond donors (Lipinski definition) is 4. The summed E-state index contributed by atoms with van der Waals surface area (Å²) in [5, 5.41) is 20.9. The van der Waals surface area contributed by atoms with Crippen LogP contribution in [0, 0.1) is 24.0 Å². The summed E-state index contributed by atoms with van der Waals surface area (Å²) in [6.45, 7) is 10.1. The zero-order valence-electron chi connectivity index (χ0n) is 42.3. The smallest absolute Gasteiger partial charge is 0.409 e. The van der Waals surface area contributed by atoms with Crippen molar-refractivity contribution < 1.29 is 47.3 Å². The van der Waals surface area contributed by atoms with Gasteiger partial charge in [0, 0.05) is 99.7 Å². The maximum absolute atomic E-state index is 17.3. The first-order chi connectivity index (χ1) is 37.2. The summed E-state index contributed by atoms with van der Waals surface area (Å²) in [4.78, 5) is 88.1. The van der Waals surface area contributed by atoms with Crippen LogP contribution >= 0.6 is 0 Å². The fourth-order valence-corrected chi connectivity index (χ4v) is 12.8. The second-order valence-corrected chi connectivity index (χ2v) is 21.3. The van der Waals surface area contributed by atoms with E-state index in [4.69, 9.17) is 25.9 Å². The molecule has 0 radical (unpaired) electrons. The molecule has 6 saturated heterocycles. The summed E-state index contributed by atoms with van der Waals surface area (Å²) in [6.07, 6.45) is 11.9. The molecule has 19 nitrogen and oxygen atoms in total. The first-order valence-corrected chi connectivity index (χ1v) is 26.3. The number of halogens is 2. The Kier molecular flexibility index (Phi) is 13.0. The van der Waals surface area contributed by atoms with Gasteiger partial charge in [-0.05, 0) is 87.2 Å². The van der Waals surface area contributed by atoms with E-state index in [0.717, 1.165) is 49.1 Å². The van der Waals surface area contributed by atoms with Crippen LogP contribution in [0.3, 0.4) is 0 Å². The summed E-state index contributed by atoms with van der Waals surface area (Å²) in [5.41, 5.74) is 1.30. The minimum atomic E-state index is -1.04. The van der Waals surface area contributed by atoms with Crippen molar-refractivity contribution in [3.63, 3.8) is 0 Å². The lowest BCUT2D eigenvalue weighted by Crippen LogP contribution is -2.54. The number of imide groups is 2. The molecule has 0 aliphatic carbocycles. The number of piperidine rings is 1. The Balaban J connectivity index is 0.678. The number of phenols is 1.